The smallest absolute Gasteiger partial charge is 0.251 e. The van der Waals surface area contributed by atoms with Gasteiger partial charge in [0.05, 0.1) is 6.42 Å². The molecule has 0 saturated carbocycles. The lowest BCUT2D eigenvalue weighted by Crippen LogP contribution is -2.22. The molecule has 2 heterocycles. The average Bonchev–Trinajstić information content (AvgIpc) is 3.02. The van der Waals surface area contributed by atoms with E-state index in [1.54, 1.807) is 23.5 Å². The van der Waals surface area contributed by atoms with E-state index >= 15 is 0 Å². The van der Waals surface area contributed by atoms with Crippen molar-refractivity contribution in [1.29, 1.82) is 0 Å². The Bertz CT molecular complexity index is 635. The summed E-state index contributed by atoms with van der Waals surface area (Å²) in [5.41, 5.74) is 3.34. The predicted octanol–water partition coefficient (Wildman–Crippen LogP) is 2.17. The van der Waals surface area contributed by atoms with Crippen molar-refractivity contribution in [3.8, 4) is 0 Å². The molecule has 1 aliphatic rings. The van der Waals surface area contributed by atoms with Crippen LogP contribution in [-0.4, -0.2) is 11.8 Å². The molecule has 2 aromatic rings. The van der Waals surface area contributed by atoms with Gasteiger partial charge in [-0.05, 0) is 40.1 Å². The van der Waals surface area contributed by atoms with Gasteiger partial charge in [0.15, 0.2) is 0 Å². The summed E-state index contributed by atoms with van der Waals surface area (Å²) in [6.07, 6.45) is 0.395. The van der Waals surface area contributed by atoms with E-state index in [2.05, 4.69) is 10.6 Å². The van der Waals surface area contributed by atoms with Gasteiger partial charge in [-0.15, -0.1) is 0 Å². The molecule has 0 unspecified atom stereocenters. The molecular weight excluding hydrogens is 260 g/mol. The number of rotatable bonds is 3. The fourth-order valence-electron chi connectivity index (χ4n) is 2.03. The second kappa shape index (κ2) is 4.85. The molecule has 1 aliphatic heterocycles. The molecule has 4 nitrogen and oxygen atoms in total. The topological polar surface area (TPSA) is 58.2 Å². The lowest BCUT2D eigenvalue weighted by atomic mass is 10.1. The minimum absolute atomic E-state index is 0.0224. The molecule has 0 bridgehead atoms. The SMILES string of the molecule is O=C1Cc2ccc(C(=O)NCc3ccsc3)cc2N1. The van der Waals surface area contributed by atoms with Gasteiger partial charge in [0.1, 0.15) is 0 Å². The van der Waals surface area contributed by atoms with Gasteiger partial charge in [-0.25, -0.2) is 0 Å². The maximum atomic E-state index is 12.0. The average molecular weight is 272 g/mol. The number of benzene rings is 1. The van der Waals surface area contributed by atoms with E-state index in [1.807, 2.05) is 22.9 Å². The first kappa shape index (κ1) is 11.9. The number of nitrogens with one attached hydrogen (secondary N) is 2. The highest BCUT2D eigenvalue weighted by Gasteiger charge is 2.18. The Balaban J connectivity index is 1.70. The molecule has 1 aromatic heterocycles. The normalized spacial score (nSPS) is 12.9. The van der Waals surface area contributed by atoms with Crippen molar-refractivity contribution in [2.75, 3.05) is 5.32 Å². The van der Waals surface area contributed by atoms with Gasteiger partial charge in [0.25, 0.3) is 5.91 Å². The van der Waals surface area contributed by atoms with Crippen LogP contribution in [0.4, 0.5) is 5.69 Å². The Morgan fingerprint density at radius 2 is 2.26 bits per heavy atom. The minimum Gasteiger partial charge on any atom is -0.348 e. The number of carbonyl (C=O) groups excluding carboxylic acids is 2. The Morgan fingerprint density at radius 1 is 1.37 bits per heavy atom. The van der Waals surface area contributed by atoms with Crippen LogP contribution in [-0.2, 0) is 17.8 Å². The molecule has 0 saturated heterocycles. The number of thiophene rings is 1. The highest BCUT2D eigenvalue weighted by Crippen LogP contribution is 2.23. The Morgan fingerprint density at radius 3 is 3.05 bits per heavy atom. The molecular formula is C14H12N2O2S. The van der Waals surface area contributed by atoms with Crippen molar-refractivity contribution in [3.05, 3.63) is 51.7 Å². The number of fused-ring (bicyclic) bond motifs is 1. The Hall–Kier alpha value is -2.14. The van der Waals surface area contributed by atoms with Crippen LogP contribution in [0.15, 0.2) is 35.0 Å². The second-order valence-electron chi connectivity index (χ2n) is 4.41. The molecule has 1 aromatic carbocycles. The summed E-state index contributed by atoms with van der Waals surface area (Å²) >= 11 is 1.60. The van der Waals surface area contributed by atoms with Crippen molar-refractivity contribution >= 4 is 28.8 Å². The van der Waals surface area contributed by atoms with E-state index in [0.717, 1.165) is 16.8 Å². The van der Waals surface area contributed by atoms with Crippen molar-refractivity contribution in [2.45, 2.75) is 13.0 Å². The summed E-state index contributed by atoms with van der Waals surface area (Å²) in [6, 6.07) is 7.28. The minimum atomic E-state index is -0.129. The molecule has 0 spiro atoms. The van der Waals surface area contributed by atoms with E-state index in [9.17, 15) is 9.59 Å². The summed E-state index contributed by atoms with van der Waals surface area (Å²) in [7, 11) is 0. The second-order valence-corrected chi connectivity index (χ2v) is 5.19. The zero-order valence-corrected chi connectivity index (χ0v) is 10.9. The van der Waals surface area contributed by atoms with Gasteiger partial charge in [-0.2, -0.15) is 11.3 Å². The van der Waals surface area contributed by atoms with Crippen molar-refractivity contribution in [3.63, 3.8) is 0 Å². The number of hydrogen-bond donors (Lipinski definition) is 2. The summed E-state index contributed by atoms with van der Waals surface area (Å²) in [5, 5.41) is 9.59. The van der Waals surface area contributed by atoms with Crippen molar-refractivity contribution < 1.29 is 9.59 Å². The molecule has 0 fully saturated rings. The van der Waals surface area contributed by atoms with Crippen molar-refractivity contribution in [2.24, 2.45) is 0 Å². The molecule has 19 heavy (non-hydrogen) atoms. The van der Waals surface area contributed by atoms with Gasteiger partial charge in [0.2, 0.25) is 5.91 Å². The molecule has 5 heteroatoms. The van der Waals surface area contributed by atoms with E-state index in [-0.39, 0.29) is 11.8 Å². The lowest BCUT2D eigenvalue weighted by Gasteiger charge is -2.06. The predicted molar refractivity (Wildman–Crippen MR) is 74.3 cm³/mol. The van der Waals surface area contributed by atoms with Gasteiger partial charge in [-0.3, -0.25) is 9.59 Å². The zero-order chi connectivity index (χ0) is 13.2. The molecule has 96 valence electrons. The fourth-order valence-corrected chi connectivity index (χ4v) is 2.70. The monoisotopic (exact) mass is 272 g/mol. The number of amides is 2. The summed E-state index contributed by atoms with van der Waals surface area (Å²) in [6.45, 7) is 0.520. The van der Waals surface area contributed by atoms with Crippen LogP contribution in [0.3, 0.4) is 0 Å². The zero-order valence-electron chi connectivity index (χ0n) is 10.1. The molecule has 0 radical (unpaired) electrons. The quantitative estimate of drug-likeness (QED) is 0.899. The van der Waals surface area contributed by atoms with E-state index < -0.39 is 0 Å². The molecule has 0 aliphatic carbocycles. The Kier molecular flexibility index (Phi) is 3.05. The van der Waals surface area contributed by atoms with Gasteiger partial charge >= 0.3 is 0 Å². The first-order chi connectivity index (χ1) is 9.22. The van der Waals surface area contributed by atoms with Gasteiger partial charge < -0.3 is 10.6 Å². The van der Waals surface area contributed by atoms with E-state index in [0.29, 0.717) is 18.5 Å². The first-order valence-corrected chi connectivity index (χ1v) is 6.89. The van der Waals surface area contributed by atoms with Crippen LogP contribution in [0.2, 0.25) is 0 Å². The third-order valence-corrected chi connectivity index (χ3v) is 3.76. The maximum Gasteiger partial charge on any atom is 0.251 e. The van der Waals surface area contributed by atoms with Crippen molar-refractivity contribution in [1.82, 2.24) is 5.32 Å². The third kappa shape index (κ3) is 2.51. The molecule has 2 N–H and O–H groups in total. The largest absolute Gasteiger partial charge is 0.348 e. The van der Waals surface area contributed by atoms with E-state index in [4.69, 9.17) is 0 Å². The highest BCUT2D eigenvalue weighted by molar-refractivity contribution is 7.07. The maximum absolute atomic E-state index is 12.0. The van der Waals surface area contributed by atoms with Crippen LogP contribution in [0.25, 0.3) is 0 Å². The Labute approximate surface area is 114 Å². The van der Waals surface area contributed by atoms with E-state index in [1.165, 1.54) is 0 Å². The first-order valence-electron chi connectivity index (χ1n) is 5.94. The van der Waals surface area contributed by atoms with Crippen LogP contribution in [0.1, 0.15) is 21.5 Å². The highest BCUT2D eigenvalue weighted by atomic mass is 32.1. The summed E-state index contributed by atoms with van der Waals surface area (Å²) in [5.74, 6) is -0.152. The number of anilines is 1. The number of hydrogen-bond acceptors (Lipinski definition) is 3. The molecule has 2 amide bonds. The van der Waals surface area contributed by atoms with Crippen LogP contribution < -0.4 is 10.6 Å². The number of carbonyl (C=O) groups is 2. The van der Waals surface area contributed by atoms with Gasteiger partial charge in [-0.1, -0.05) is 6.07 Å². The molecule has 3 rings (SSSR count). The fraction of sp³-hybridized carbons (Fsp3) is 0.143. The summed E-state index contributed by atoms with van der Waals surface area (Å²) < 4.78 is 0. The van der Waals surface area contributed by atoms with Crippen LogP contribution >= 0.6 is 11.3 Å². The van der Waals surface area contributed by atoms with Gasteiger partial charge in [0, 0.05) is 17.8 Å². The third-order valence-electron chi connectivity index (χ3n) is 3.03. The molecule has 0 atom stereocenters. The van der Waals surface area contributed by atoms with Crippen LogP contribution in [0.5, 0.6) is 0 Å². The standard InChI is InChI=1S/C14H12N2O2S/c17-13-6-10-1-2-11(5-12(10)16-13)14(18)15-7-9-3-4-19-8-9/h1-5,8H,6-7H2,(H,15,18)(H,16,17). The van der Waals surface area contributed by atoms with Crippen LogP contribution in [0, 0.1) is 0 Å². The summed E-state index contributed by atoms with van der Waals surface area (Å²) in [4.78, 5) is 23.3. The lowest BCUT2D eigenvalue weighted by molar-refractivity contribution is -0.115.